The number of phosphoric ester groups is 1. The van der Waals surface area contributed by atoms with Gasteiger partial charge in [-0.2, -0.15) is 14.0 Å². The molecule has 238 valence electrons. The zero-order valence-electron chi connectivity index (χ0n) is 23.8. The Morgan fingerprint density at radius 3 is 2.19 bits per heavy atom. The van der Waals surface area contributed by atoms with Crippen LogP contribution in [0, 0.1) is 34.8 Å². The van der Waals surface area contributed by atoms with E-state index in [4.69, 9.17) is 10.00 Å². The summed E-state index contributed by atoms with van der Waals surface area (Å²) in [5, 5.41) is 19.0. The minimum atomic E-state index is -5.79. The summed E-state index contributed by atoms with van der Waals surface area (Å²) in [4.78, 5) is 23.1. The molecule has 2 aromatic heterocycles. The molecular formula is C31H21F4N6O5P. The predicted octanol–water partition coefficient (Wildman–Crippen LogP) is 4.99. The van der Waals surface area contributed by atoms with Gasteiger partial charge in [-0.1, -0.05) is 24.0 Å². The Labute approximate surface area is 264 Å². The van der Waals surface area contributed by atoms with Crippen LogP contribution in [0.5, 0.6) is 5.75 Å². The van der Waals surface area contributed by atoms with Crippen molar-refractivity contribution < 1.29 is 41.2 Å². The number of aromatic nitrogens is 5. The van der Waals surface area contributed by atoms with Crippen LogP contribution < -0.4 is 4.74 Å². The summed E-state index contributed by atoms with van der Waals surface area (Å²) in [6.07, 6.45) is 1.83. The molecule has 1 atom stereocenters. The van der Waals surface area contributed by atoms with Gasteiger partial charge in [0.25, 0.3) is 0 Å². The van der Waals surface area contributed by atoms with Crippen LogP contribution in [0.25, 0.3) is 0 Å². The number of pyridine rings is 1. The van der Waals surface area contributed by atoms with Gasteiger partial charge < -0.3 is 14.5 Å². The summed E-state index contributed by atoms with van der Waals surface area (Å²) in [7, 11) is -5.79. The van der Waals surface area contributed by atoms with E-state index in [9.17, 15) is 18.7 Å². The third-order valence-electron chi connectivity index (χ3n) is 6.70. The van der Waals surface area contributed by atoms with Crippen molar-refractivity contribution in [1.29, 1.82) is 5.26 Å². The Hall–Kier alpha value is -5.44. The van der Waals surface area contributed by atoms with Gasteiger partial charge in [0, 0.05) is 29.0 Å². The van der Waals surface area contributed by atoms with Crippen LogP contribution >= 0.6 is 7.82 Å². The lowest BCUT2D eigenvalue weighted by Crippen LogP contribution is -2.49. The molecule has 47 heavy (non-hydrogen) atoms. The molecule has 2 N–H and O–H groups in total. The number of nitrogens with zero attached hydrogens (tertiary/aromatic N) is 6. The Morgan fingerprint density at radius 1 is 0.915 bits per heavy atom. The molecule has 16 heteroatoms. The Kier molecular flexibility index (Phi) is 9.46. The Bertz CT molecular complexity index is 2010. The smallest absolute Gasteiger partial charge is 0.470 e. The van der Waals surface area contributed by atoms with Crippen molar-refractivity contribution in [3.63, 3.8) is 0 Å². The van der Waals surface area contributed by atoms with Crippen molar-refractivity contribution >= 4 is 7.82 Å². The summed E-state index contributed by atoms with van der Waals surface area (Å²) >= 11 is 0. The zero-order valence-corrected chi connectivity index (χ0v) is 24.7. The van der Waals surface area contributed by atoms with Gasteiger partial charge >= 0.3 is 13.7 Å². The van der Waals surface area contributed by atoms with E-state index >= 15 is 13.2 Å². The van der Waals surface area contributed by atoms with Crippen molar-refractivity contribution in [2.24, 2.45) is 0 Å². The molecule has 0 aliphatic rings. The number of ether oxygens (including phenoxy) is 1. The van der Waals surface area contributed by atoms with Crippen LogP contribution in [0.15, 0.2) is 91.4 Å². The number of nitriles is 1. The molecule has 0 aliphatic heterocycles. The second-order valence-electron chi connectivity index (χ2n) is 9.92. The maximum atomic E-state index is 16.5. The zero-order chi connectivity index (χ0) is 33.7. The molecule has 0 aliphatic carbocycles. The molecule has 0 bridgehead atoms. The van der Waals surface area contributed by atoms with E-state index in [0.29, 0.717) is 33.7 Å². The van der Waals surface area contributed by atoms with Crippen molar-refractivity contribution in [3.8, 4) is 23.7 Å². The molecule has 5 aromatic rings. The molecule has 3 aromatic carbocycles. The van der Waals surface area contributed by atoms with Crippen LogP contribution in [0.4, 0.5) is 17.6 Å². The quantitative estimate of drug-likeness (QED) is 0.118. The van der Waals surface area contributed by atoms with Crippen molar-refractivity contribution in [1.82, 2.24) is 25.2 Å². The van der Waals surface area contributed by atoms with Gasteiger partial charge in [0.05, 0.1) is 18.2 Å². The predicted molar refractivity (Wildman–Crippen MR) is 155 cm³/mol. The normalized spacial score (nSPS) is 12.8. The highest BCUT2D eigenvalue weighted by atomic mass is 31.2. The minimum Gasteiger partial charge on any atom is -0.489 e. The van der Waals surface area contributed by atoms with E-state index in [1.54, 1.807) is 48.5 Å². The first-order chi connectivity index (χ1) is 22.4. The first-order valence-electron chi connectivity index (χ1n) is 13.4. The lowest BCUT2D eigenvalue weighted by molar-refractivity contribution is -0.199. The maximum absolute atomic E-state index is 16.5. The SMILES string of the molecule is N#Cc1ccc(COc2ccc(C#Cc3ccc(C(F)(F)C(Cn4cnnn4)(OP(=O)(O)O)c4ccc(F)cc4F)nc3)cc2)cc1. The summed E-state index contributed by atoms with van der Waals surface area (Å²) in [5.74, 6) is -0.976. The fourth-order valence-corrected chi connectivity index (χ4v) is 5.15. The molecule has 11 nitrogen and oxygen atoms in total. The summed E-state index contributed by atoms with van der Waals surface area (Å²) in [6, 6.07) is 19.2. The standard InChI is InChI=1S/C31H21F4N6O5P/c32-25-10-13-27(28(33)15-25)30(46-47(42,43)44,19-41-20-38-39-40-41)31(34,35)29-14-9-23(17-37-29)4-1-21-7-11-26(12-8-21)45-18-24-5-2-22(16-36)3-6-24/h2-3,5-15,17,20H,18-19H2,(H2,42,43,44). The Morgan fingerprint density at radius 2 is 1.60 bits per heavy atom. The van der Waals surface area contributed by atoms with Crippen LogP contribution in [0.3, 0.4) is 0 Å². The van der Waals surface area contributed by atoms with E-state index in [1.165, 1.54) is 6.07 Å². The molecule has 0 spiro atoms. The van der Waals surface area contributed by atoms with E-state index < -0.39 is 48.8 Å². The molecule has 2 heterocycles. The Balaban J connectivity index is 1.40. The largest absolute Gasteiger partial charge is 0.489 e. The van der Waals surface area contributed by atoms with Crippen molar-refractivity contribution in [3.05, 3.63) is 137 Å². The molecule has 5 rings (SSSR count). The van der Waals surface area contributed by atoms with Gasteiger partial charge in [-0.05, 0) is 76.7 Å². The average Bonchev–Trinajstić information content (AvgIpc) is 3.55. The lowest BCUT2D eigenvalue weighted by Gasteiger charge is -2.39. The second-order valence-corrected chi connectivity index (χ2v) is 11.1. The van der Waals surface area contributed by atoms with Gasteiger partial charge in [0.2, 0.25) is 0 Å². The minimum absolute atomic E-state index is 0.195. The van der Waals surface area contributed by atoms with Gasteiger partial charge in [0.1, 0.15) is 36.0 Å². The van der Waals surface area contributed by atoms with Gasteiger partial charge in [-0.15, -0.1) is 5.10 Å². The highest BCUT2D eigenvalue weighted by molar-refractivity contribution is 7.46. The first-order valence-corrected chi connectivity index (χ1v) is 14.9. The second kappa shape index (κ2) is 13.5. The molecule has 0 amide bonds. The molecule has 0 saturated carbocycles. The molecule has 0 radical (unpaired) electrons. The van der Waals surface area contributed by atoms with Crippen LogP contribution in [-0.2, 0) is 33.8 Å². The first kappa shape index (κ1) is 32.9. The van der Waals surface area contributed by atoms with Crippen LogP contribution in [0.2, 0.25) is 0 Å². The summed E-state index contributed by atoms with van der Waals surface area (Å²) in [5.41, 5.74) is -3.50. The van der Waals surface area contributed by atoms with Crippen LogP contribution in [0.1, 0.15) is 33.5 Å². The number of hydrogen-bond acceptors (Lipinski definition) is 8. The van der Waals surface area contributed by atoms with E-state index in [0.717, 1.165) is 24.2 Å². The summed E-state index contributed by atoms with van der Waals surface area (Å²) < 4.78 is 84.8. The monoisotopic (exact) mass is 664 g/mol. The van der Waals surface area contributed by atoms with Crippen molar-refractivity contribution in [2.75, 3.05) is 0 Å². The van der Waals surface area contributed by atoms with Gasteiger partial charge in [-0.3, -0.25) is 9.51 Å². The molecule has 0 fully saturated rings. The average molecular weight is 665 g/mol. The van der Waals surface area contributed by atoms with Gasteiger partial charge in [-0.25, -0.2) is 18.0 Å². The number of benzene rings is 3. The number of hydrogen-bond donors (Lipinski definition) is 2. The molecule has 1 unspecified atom stereocenters. The summed E-state index contributed by atoms with van der Waals surface area (Å²) in [6.45, 7) is -0.930. The van der Waals surface area contributed by atoms with Gasteiger partial charge in [0.15, 0.2) is 5.60 Å². The number of tetrazole rings is 1. The highest BCUT2D eigenvalue weighted by Gasteiger charge is 2.62. The third-order valence-corrected chi connectivity index (χ3v) is 7.25. The van der Waals surface area contributed by atoms with E-state index in [1.807, 2.05) is 6.07 Å². The van der Waals surface area contributed by atoms with Crippen molar-refractivity contribution in [2.45, 2.75) is 24.7 Å². The number of rotatable bonds is 10. The fourth-order valence-electron chi connectivity index (χ4n) is 4.47. The third kappa shape index (κ3) is 7.69. The topological polar surface area (TPSA) is 156 Å². The van der Waals surface area contributed by atoms with Crippen LogP contribution in [-0.4, -0.2) is 35.0 Å². The van der Waals surface area contributed by atoms with E-state index in [-0.39, 0.29) is 18.2 Å². The molecular weight excluding hydrogens is 643 g/mol. The molecule has 0 saturated heterocycles. The van der Waals surface area contributed by atoms with E-state index in [2.05, 4.69) is 36.9 Å². The fraction of sp³-hybridized carbons (Fsp3) is 0.129. The number of phosphoric acid groups is 1. The number of halogens is 4. The highest BCUT2D eigenvalue weighted by Crippen LogP contribution is 2.56. The number of alkyl halides is 2. The lowest BCUT2D eigenvalue weighted by atomic mass is 9.84. The maximum Gasteiger partial charge on any atom is 0.470 e.